The number of benzene rings is 1. The molecule has 0 fully saturated rings. The van der Waals surface area contributed by atoms with Crippen molar-refractivity contribution < 1.29 is 14.2 Å². The number of thiol groups is 1. The van der Waals surface area contributed by atoms with Crippen molar-refractivity contribution in [3.05, 3.63) is 28.1 Å². The van der Waals surface area contributed by atoms with Gasteiger partial charge in [-0.1, -0.05) is 12.8 Å². The van der Waals surface area contributed by atoms with Gasteiger partial charge in [-0.05, 0) is 34.7 Å². The number of halogens is 1. The second kappa shape index (κ2) is 6.44. The van der Waals surface area contributed by atoms with Crippen molar-refractivity contribution in [2.24, 2.45) is 0 Å². The van der Waals surface area contributed by atoms with Crippen molar-refractivity contribution in [1.29, 1.82) is 0 Å². The molecule has 0 amide bonds. The Labute approximate surface area is 152 Å². The first-order valence-electron chi connectivity index (χ1n) is 6.62. The molecular weight excluding hydrogens is 429 g/mol. The molecule has 2 aromatic heterocycles. The predicted octanol–water partition coefficient (Wildman–Crippen LogP) is 3.42. The SMILES string of the molecule is COc1cc(-c2cnc3c(n2)c(I)cn3S)cc(OC)c1OC. The number of fused-ring (bicyclic) bond motifs is 1. The van der Waals surface area contributed by atoms with Gasteiger partial charge in [-0.2, -0.15) is 0 Å². The lowest BCUT2D eigenvalue weighted by atomic mass is 10.1. The largest absolute Gasteiger partial charge is 0.493 e. The smallest absolute Gasteiger partial charge is 0.203 e. The van der Waals surface area contributed by atoms with Crippen LogP contribution in [0.15, 0.2) is 24.5 Å². The fourth-order valence-electron chi connectivity index (χ4n) is 2.31. The Kier molecular flexibility index (Phi) is 4.53. The summed E-state index contributed by atoms with van der Waals surface area (Å²) < 4.78 is 18.7. The van der Waals surface area contributed by atoms with Crippen LogP contribution in [0.2, 0.25) is 0 Å². The molecule has 0 aliphatic carbocycles. The second-order valence-corrected chi connectivity index (χ2v) is 6.26. The van der Waals surface area contributed by atoms with E-state index in [0.717, 1.165) is 14.7 Å². The normalized spacial score (nSPS) is 10.8. The highest BCUT2D eigenvalue weighted by Gasteiger charge is 2.16. The third-order valence-electron chi connectivity index (χ3n) is 3.39. The van der Waals surface area contributed by atoms with Crippen LogP contribution in [0, 0.1) is 3.57 Å². The van der Waals surface area contributed by atoms with Gasteiger partial charge in [0.1, 0.15) is 5.52 Å². The highest BCUT2D eigenvalue weighted by molar-refractivity contribution is 14.1. The van der Waals surface area contributed by atoms with E-state index in [1.165, 1.54) is 0 Å². The molecule has 0 atom stereocenters. The van der Waals surface area contributed by atoms with Gasteiger partial charge in [-0.3, -0.25) is 3.97 Å². The fraction of sp³-hybridized carbons (Fsp3) is 0.200. The minimum atomic E-state index is 0.545. The zero-order chi connectivity index (χ0) is 16.6. The average molecular weight is 443 g/mol. The monoisotopic (exact) mass is 443 g/mol. The van der Waals surface area contributed by atoms with E-state index >= 15 is 0 Å². The van der Waals surface area contributed by atoms with E-state index in [1.807, 2.05) is 18.3 Å². The van der Waals surface area contributed by atoms with Crippen LogP contribution in [-0.2, 0) is 0 Å². The van der Waals surface area contributed by atoms with Crippen molar-refractivity contribution in [2.45, 2.75) is 0 Å². The van der Waals surface area contributed by atoms with E-state index in [9.17, 15) is 0 Å². The van der Waals surface area contributed by atoms with Crippen molar-refractivity contribution in [3.8, 4) is 28.5 Å². The molecule has 0 aliphatic heterocycles. The van der Waals surface area contributed by atoms with Gasteiger partial charge >= 0.3 is 0 Å². The number of aromatic nitrogens is 3. The first kappa shape index (κ1) is 16.2. The lowest BCUT2D eigenvalue weighted by molar-refractivity contribution is 0.324. The summed E-state index contributed by atoms with van der Waals surface area (Å²) in [5.41, 5.74) is 3.06. The first-order chi connectivity index (χ1) is 11.1. The van der Waals surface area contributed by atoms with Gasteiger partial charge in [0.2, 0.25) is 5.75 Å². The predicted molar refractivity (Wildman–Crippen MR) is 99.7 cm³/mol. The average Bonchev–Trinajstić information content (AvgIpc) is 2.87. The van der Waals surface area contributed by atoms with Gasteiger partial charge in [0, 0.05) is 11.8 Å². The van der Waals surface area contributed by atoms with Crippen LogP contribution in [0.25, 0.3) is 22.4 Å². The molecule has 3 rings (SSSR count). The van der Waals surface area contributed by atoms with Crippen LogP contribution >= 0.6 is 35.4 Å². The molecule has 3 aromatic rings. The van der Waals surface area contributed by atoms with Crippen molar-refractivity contribution in [2.75, 3.05) is 21.3 Å². The van der Waals surface area contributed by atoms with Crippen molar-refractivity contribution in [3.63, 3.8) is 0 Å². The Hall–Kier alpha value is -1.68. The summed E-state index contributed by atoms with van der Waals surface area (Å²) in [5.74, 6) is 1.69. The molecule has 0 unspecified atom stereocenters. The zero-order valence-corrected chi connectivity index (χ0v) is 15.8. The number of nitrogens with zero attached hydrogens (tertiary/aromatic N) is 3. The maximum atomic E-state index is 5.39. The van der Waals surface area contributed by atoms with E-state index in [0.29, 0.717) is 28.6 Å². The molecule has 0 saturated heterocycles. The molecule has 0 radical (unpaired) electrons. The van der Waals surface area contributed by atoms with E-state index in [1.54, 1.807) is 31.5 Å². The van der Waals surface area contributed by atoms with Crippen molar-refractivity contribution >= 4 is 46.6 Å². The van der Waals surface area contributed by atoms with Crippen LogP contribution in [0.4, 0.5) is 0 Å². The van der Waals surface area contributed by atoms with Gasteiger partial charge in [-0.15, -0.1) is 0 Å². The van der Waals surface area contributed by atoms with Crippen molar-refractivity contribution in [1.82, 2.24) is 13.9 Å². The standard InChI is InChI=1S/C15H14IN3O3S/c1-20-11-4-8(5-12(21-2)14(11)22-3)10-6-17-15-13(18-10)9(16)7-19(15)23/h4-7,23H,1-3H3. The summed E-state index contributed by atoms with van der Waals surface area (Å²) in [6.45, 7) is 0. The third kappa shape index (κ3) is 2.80. The third-order valence-corrected chi connectivity index (χ3v) is 4.49. The maximum Gasteiger partial charge on any atom is 0.203 e. The van der Waals surface area contributed by atoms with Gasteiger partial charge in [0.05, 0.1) is 36.8 Å². The Morgan fingerprint density at radius 3 is 2.30 bits per heavy atom. The number of hydrogen-bond donors (Lipinski definition) is 1. The molecular formula is C15H14IN3O3S. The molecule has 6 nitrogen and oxygen atoms in total. The summed E-state index contributed by atoms with van der Waals surface area (Å²) >= 11 is 6.55. The highest BCUT2D eigenvalue weighted by atomic mass is 127. The summed E-state index contributed by atoms with van der Waals surface area (Å²) in [6, 6.07) is 3.70. The second-order valence-electron chi connectivity index (χ2n) is 4.66. The number of hydrogen-bond acceptors (Lipinski definition) is 6. The zero-order valence-electron chi connectivity index (χ0n) is 12.7. The van der Waals surface area contributed by atoms with E-state index in [4.69, 9.17) is 14.2 Å². The summed E-state index contributed by atoms with van der Waals surface area (Å²) in [5, 5.41) is 0. The molecule has 2 heterocycles. The minimum Gasteiger partial charge on any atom is -0.493 e. The van der Waals surface area contributed by atoms with E-state index < -0.39 is 0 Å². The Bertz CT molecular complexity index is 857. The van der Waals surface area contributed by atoms with E-state index in [-0.39, 0.29) is 0 Å². The van der Waals surface area contributed by atoms with Crippen LogP contribution < -0.4 is 14.2 Å². The molecule has 1 aromatic carbocycles. The molecule has 0 bridgehead atoms. The van der Waals surface area contributed by atoms with Gasteiger partial charge < -0.3 is 14.2 Å². The molecule has 8 heteroatoms. The van der Waals surface area contributed by atoms with Crippen LogP contribution in [0.3, 0.4) is 0 Å². The Morgan fingerprint density at radius 2 is 1.74 bits per heavy atom. The molecule has 0 saturated carbocycles. The molecule has 120 valence electrons. The number of methoxy groups -OCH3 is 3. The highest BCUT2D eigenvalue weighted by Crippen LogP contribution is 2.41. The number of rotatable bonds is 4. The molecule has 0 N–H and O–H groups in total. The molecule has 23 heavy (non-hydrogen) atoms. The lowest BCUT2D eigenvalue weighted by Gasteiger charge is -2.13. The van der Waals surface area contributed by atoms with Crippen LogP contribution in [-0.4, -0.2) is 35.3 Å². The quantitative estimate of drug-likeness (QED) is 0.495. The lowest BCUT2D eigenvalue weighted by Crippen LogP contribution is -1.97. The Balaban J connectivity index is 2.20. The van der Waals surface area contributed by atoms with Gasteiger partial charge in [0.25, 0.3) is 0 Å². The summed E-state index contributed by atoms with van der Waals surface area (Å²) in [7, 11) is 4.74. The fourth-order valence-corrected chi connectivity index (χ4v) is 3.43. The first-order valence-corrected chi connectivity index (χ1v) is 8.10. The molecule has 0 spiro atoms. The summed E-state index contributed by atoms with van der Waals surface area (Å²) in [4.78, 5) is 9.12. The molecule has 0 aliphatic rings. The van der Waals surface area contributed by atoms with E-state index in [2.05, 4.69) is 45.4 Å². The minimum absolute atomic E-state index is 0.545. The van der Waals surface area contributed by atoms with Crippen LogP contribution in [0.1, 0.15) is 0 Å². The maximum absolute atomic E-state index is 5.39. The van der Waals surface area contributed by atoms with Crippen LogP contribution in [0.5, 0.6) is 17.2 Å². The number of ether oxygens (including phenoxy) is 3. The van der Waals surface area contributed by atoms with Gasteiger partial charge in [-0.25, -0.2) is 9.97 Å². The Morgan fingerprint density at radius 1 is 1.09 bits per heavy atom. The topological polar surface area (TPSA) is 58.4 Å². The summed E-state index contributed by atoms with van der Waals surface area (Å²) in [6.07, 6.45) is 3.57. The van der Waals surface area contributed by atoms with Gasteiger partial charge in [0.15, 0.2) is 17.1 Å².